The lowest BCUT2D eigenvalue weighted by molar-refractivity contribution is -0.124. The maximum absolute atomic E-state index is 11.8. The molecule has 5 nitrogen and oxygen atoms in total. The molecule has 0 saturated carbocycles. The van der Waals surface area contributed by atoms with Crippen LogP contribution in [0.4, 0.5) is 0 Å². The first-order valence-corrected chi connectivity index (χ1v) is 7.22. The minimum atomic E-state index is -0.332. The van der Waals surface area contributed by atoms with Gasteiger partial charge in [0.1, 0.15) is 0 Å². The molecule has 2 unspecified atom stereocenters. The molecule has 1 heterocycles. The number of carbonyl (C=O) groups is 2. The summed E-state index contributed by atoms with van der Waals surface area (Å²) in [6, 6.07) is 7.78. The van der Waals surface area contributed by atoms with Crippen molar-refractivity contribution in [3.8, 4) is 0 Å². The molecule has 0 radical (unpaired) electrons. The third-order valence-electron chi connectivity index (χ3n) is 4.21. The minimum Gasteiger partial charge on any atom is -0.465 e. The normalized spacial score (nSPS) is 22.8. The van der Waals surface area contributed by atoms with Crippen LogP contribution in [0.3, 0.4) is 0 Å². The Labute approximate surface area is 125 Å². The number of ether oxygens (including phenoxy) is 1. The van der Waals surface area contributed by atoms with Crippen LogP contribution in [-0.4, -0.2) is 36.5 Å². The Morgan fingerprint density at radius 3 is 2.71 bits per heavy atom. The van der Waals surface area contributed by atoms with Crippen molar-refractivity contribution in [3.63, 3.8) is 0 Å². The lowest BCUT2D eigenvalue weighted by Crippen LogP contribution is -2.45. The van der Waals surface area contributed by atoms with E-state index >= 15 is 0 Å². The molecule has 114 valence electrons. The Balaban J connectivity index is 2.16. The zero-order valence-electron chi connectivity index (χ0n) is 12.5. The number of methoxy groups -OCH3 is 1. The predicted octanol–water partition coefficient (Wildman–Crippen LogP) is 1.56. The number of hydrogen-bond donors (Lipinski definition) is 1. The molecular weight excluding hydrogens is 268 g/mol. The topological polar surface area (TPSA) is 72.6 Å². The number of carbonyl (C=O) groups excluding carboxylic acids is 2. The second-order valence-electron chi connectivity index (χ2n) is 5.60. The molecule has 1 aliphatic heterocycles. The third-order valence-corrected chi connectivity index (χ3v) is 4.21. The van der Waals surface area contributed by atoms with Gasteiger partial charge in [0.05, 0.1) is 18.6 Å². The molecule has 1 aromatic rings. The SMILES string of the molecule is COC(=O)c1ccccc1CN1CC(C(N)=O)CCC1C. The largest absolute Gasteiger partial charge is 0.465 e. The molecular formula is C16H22N2O3. The highest BCUT2D eigenvalue weighted by molar-refractivity contribution is 5.90. The number of benzene rings is 1. The summed E-state index contributed by atoms with van der Waals surface area (Å²) in [7, 11) is 1.38. The predicted molar refractivity (Wildman–Crippen MR) is 79.6 cm³/mol. The fourth-order valence-electron chi connectivity index (χ4n) is 2.82. The zero-order valence-corrected chi connectivity index (χ0v) is 12.5. The van der Waals surface area contributed by atoms with Crippen molar-refractivity contribution in [3.05, 3.63) is 35.4 Å². The van der Waals surface area contributed by atoms with E-state index in [0.29, 0.717) is 24.7 Å². The first-order valence-electron chi connectivity index (χ1n) is 7.22. The Bertz CT molecular complexity index is 530. The van der Waals surface area contributed by atoms with E-state index in [-0.39, 0.29) is 17.8 Å². The van der Waals surface area contributed by atoms with Crippen LogP contribution < -0.4 is 5.73 Å². The van der Waals surface area contributed by atoms with E-state index in [9.17, 15) is 9.59 Å². The van der Waals surface area contributed by atoms with Gasteiger partial charge >= 0.3 is 5.97 Å². The molecule has 2 N–H and O–H groups in total. The van der Waals surface area contributed by atoms with Crippen molar-refractivity contribution in [1.82, 2.24) is 4.90 Å². The first kappa shape index (κ1) is 15.5. The van der Waals surface area contributed by atoms with Crippen LogP contribution in [0, 0.1) is 5.92 Å². The second kappa shape index (κ2) is 6.72. The summed E-state index contributed by atoms with van der Waals surface area (Å²) in [6.45, 7) is 3.40. The number of likely N-dealkylation sites (tertiary alicyclic amines) is 1. The lowest BCUT2D eigenvalue weighted by Gasteiger charge is -2.37. The number of rotatable bonds is 4. The molecule has 1 amide bonds. The number of primary amides is 1. The Kier molecular flexibility index (Phi) is 4.96. The number of esters is 1. The molecule has 2 rings (SSSR count). The molecule has 1 fully saturated rings. The quantitative estimate of drug-likeness (QED) is 0.854. The second-order valence-corrected chi connectivity index (χ2v) is 5.60. The number of nitrogens with two attached hydrogens (primary N) is 1. The zero-order chi connectivity index (χ0) is 15.4. The van der Waals surface area contributed by atoms with E-state index < -0.39 is 0 Å². The highest BCUT2D eigenvalue weighted by Crippen LogP contribution is 2.24. The van der Waals surface area contributed by atoms with Gasteiger partial charge < -0.3 is 10.5 Å². The summed E-state index contributed by atoms with van der Waals surface area (Å²) < 4.78 is 4.82. The van der Waals surface area contributed by atoms with Crippen LogP contribution in [-0.2, 0) is 16.1 Å². The summed E-state index contributed by atoms with van der Waals surface area (Å²) in [4.78, 5) is 25.4. The van der Waals surface area contributed by atoms with Crippen molar-refractivity contribution in [2.24, 2.45) is 11.7 Å². The summed E-state index contributed by atoms with van der Waals surface area (Å²) in [5.74, 6) is -0.679. The number of piperidine rings is 1. The van der Waals surface area contributed by atoms with E-state index in [1.165, 1.54) is 7.11 Å². The van der Waals surface area contributed by atoms with Gasteiger partial charge in [-0.3, -0.25) is 9.69 Å². The van der Waals surface area contributed by atoms with Crippen LogP contribution in [0.25, 0.3) is 0 Å². The van der Waals surface area contributed by atoms with Crippen LogP contribution in [0.5, 0.6) is 0 Å². The van der Waals surface area contributed by atoms with Gasteiger partial charge in [0.25, 0.3) is 0 Å². The van der Waals surface area contributed by atoms with Crippen molar-refractivity contribution >= 4 is 11.9 Å². The van der Waals surface area contributed by atoms with Gasteiger partial charge in [-0.05, 0) is 31.4 Å². The number of amides is 1. The fraction of sp³-hybridized carbons (Fsp3) is 0.500. The maximum Gasteiger partial charge on any atom is 0.338 e. The molecule has 0 bridgehead atoms. The molecule has 5 heteroatoms. The Morgan fingerprint density at radius 1 is 1.33 bits per heavy atom. The highest BCUT2D eigenvalue weighted by Gasteiger charge is 2.29. The van der Waals surface area contributed by atoms with E-state index in [0.717, 1.165) is 18.4 Å². The van der Waals surface area contributed by atoms with Crippen LogP contribution >= 0.6 is 0 Å². The summed E-state index contributed by atoms with van der Waals surface area (Å²) >= 11 is 0. The molecule has 2 atom stereocenters. The van der Waals surface area contributed by atoms with Crippen molar-refractivity contribution < 1.29 is 14.3 Å². The van der Waals surface area contributed by atoms with Gasteiger partial charge in [0, 0.05) is 19.1 Å². The molecule has 1 saturated heterocycles. The van der Waals surface area contributed by atoms with E-state index in [1.807, 2.05) is 18.2 Å². The summed E-state index contributed by atoms with van der Waals surface area (Å²) in [5.41, 5.74) is 6.92. The Morgan fingerprint density at radius 2 is 2.05 bits per heavy atom. The van der Waals surface area contributed by atoms with Crippen molar-refractivity contribution in [2.75, 3.05) is 13.7 Å². The molecule has 1 aromatic carbocycles. The van der Waals surface area contributed by atoms with Gasteiger partial charge in [-0.1, -0.05) is 18.2 Å². The molecule has 1 aliphatic rings. The van der Waals surface area contributed by atoms with Crippen LogP contribution in [0.15, 0.2) is 24.3 Å². The number of nitrogens with zero attached hydrogens (tertiary/aromatic N) is 1. The van der Waals surface area contributed by atoms with Gasteiger partial charge in [0.15, 0.2) is 0 Å². The summed E-state index contributed by atoms with van der Waals surface area (Å²) in [6.07, 6.45) is 1.78. The van der Waals surface area contributed by atoms with Gasteiger partial charge in [-0.2, -0.15) is 0 Å². The van der Waals surface area contributed by atoms with Crippen molar-refractivity contribution in [2.45, 2.75) is 32.4 Å². The molecule has 0 aliphatic carbocycles. The fourth-order valence-corrected chi connectivity index (χ4v) is 2.82. The third kappa shape index (κ3) is 3.61. The molecule has 0 aromatic heterocycles. The van der Waals surface area contributed by atoms with Gasteiger partial charge in [-0.25, -0.2) is 4.79 Å². The minimum absolute atomic E-state index is 0.105. The maximum atomic E-state index is 11.8. The first-order chi connectivity index (χ1) is 10.0. The van der Waals surface area contributed by atoms with Crippen LogP contribution in [0.2, 0.25) is 0 Å². The van der Waals surface area contributed by atoms with E-state index in [4.69, 9.17) is 10.5 Å². The number of hydrogen-bond acceptors (Lipinski definition) is 4. The lowest BCUT2D eigenvalue weighted by atomic mass is 9.92. The monoisotopic (exact) mass is 290 g/mol. The standard InChI is InChI=1S/C16H22N2O3/c1-11-7-8-13(15(17)19)10-18(11)9-12-5-3-4-6-14(12)16(20)21-2/h3-6,11,13H,7-10H2,1-2H3,(H2,17,19). The van der Waals surface area contributed by atoms with Gasteiger partial charge in [-0.15, -0.1) is 0 Å². The van der Waals surface area contributed by atoms with E-state index in [1.54, 1.807) is 6.07 Å². The van der Waals surface area contributed by atoms with Crippen LogP contribution in [0.1, 0.15) is 35.7 Å². The average molecular weight is 290 g/mol. The smallest absolute Gasteiger partial charge is 0.338 e. The van der Waals surface area contributed by atoms with Crippen molar-refractivity contribution in [1.29, 1.82) is 0 Å². The average Bonchev–Trinajstić information content (AvgIpc) is 2.49. The molecule has 0 spiro atoms. The van der Waals surface area contributed by atoms with Gasteiger partial charge in [0.2, 0.25) is 5.91 Å². The molecule has 21 heavy (non-hydrogen) atoms. The van der Waals surface area contributed by atoms with E-state index in [2.05, 4.69) is 11.8 Å². The summed E-state index contributed by atoms with van der Waals surface area (Å²) in [5, 5.41) is 0. The highest BCUT2D eigenvalue weighted by atomic mass is 16.5. The Hall–Kier alpha value is -1.88.